The minimum Gasteiger partial charge on any atom is -0.394 e. The van der Waals surface area contributed by atoms with E-state index >= 15 is 0 Å². The van der Waals surface area contributed by atoms with Crippen LogP contribution < -0.4 is 0 Å². The van der Waals surface area contributed by atoms with Gasteiger partial charge in [-0.15, -0.1) is 0 Å². The summed E-state index contributed by atoms with van der Waals surface area (Å²) in [5.74, 6) is 0. The molecular weight excluding hydrogens is 372 g/mol. The van der Waals surface area contributed by atoms with Crippen molar-refractivity contribution in [3.63, 3.8) is 0 Å². The minimum absolute atomic E-state index is 0.376. The third-order valence-corrected chi connectivity index (χ3v) is 4.63. The zero-order chi connectivity index (χ0) is 20.3. The molecule has 12 nitrogen and oxygen atoms in total. The zero-order valence-corrected chi connectivity index (χ0v) is 14.7. The Kier molecular flexibility index (Phi) is 8.30. The molecule has 0 aromatic carbocycles. The maximum atomic E-state index is 9.92. The van der Waals surface area contributed by atoms with Crippen molar-refractivity contribution >= 4 is 0 Å². The average Bonchev–Trinajstić information content (AvgIpc) is 2.66. The standard InChI is InChI=1S/C15H28O12/c1-5-8(18)10(20)13(23)15(25-5)26-6(2-16)4-24-14-12(22)11(21)9(19)7(3-17)27-14/h5-23H,2-4H2,1H3/t5-,6?,7+,8+,9+,10+,11-,12+,13-,14?,15?/m0/s1. The summed E-state index contributed by atoms with van der Waals surface area (Å²) in [5, 5.41) is 77.2. The van der Waals surface area contributed by atoms with E-state index in [1.807, 2.05) is 0 Å². The molecule has 0 radical (unpaired) electrons. The number of ether oxygens (including phenoxy) is 4. The molecular formula is C15H28O12. The first-order valence-electron chi connectivity index (χ1n) is 8.59. The Bertz CT molecular complexity index is 451. The number of aliphatic hydroxyl groups excluding tert-OH is 8. The fraction of sp³-hybridized carbons (Fsp3) is 1.00. The molecule has 2 heterocycles. The second-order valence-electron chi connectivity index (χ2n) is 6.65. The summed E-state index contributed by atoms with van der Waals surface area (Å²) >= 11 is 0. The quantitative estimate of drug-likeness (QED) is 0.203. The summed E-state index contributed by atoms with van der Waals surface area (Å²) in [7, 11) is 0. The lowest BCUT2D eigenvalue weighted by Gasteiger charge is -2.41. The molecule has 2 fully saturated rings. The van der Waals surface area contributed by atoms with Crippen LogP contribution in [0.5, 0.6) is 0 Å². The van der Waals surface area contributed by atoms with Crippen LogP contribution in [0.15, 0.2) is 0 Å². The van der Waals surface area contributed by atoms with Gasteiger partial charge in [0, 0.05) is 0 Å². The zero-order valence-electron chi connectivity index (χ0n) is 14.7. The first-order valence-corrected chi connectivity index (χ1v) is 8.59. The Morgan fingerprint density at radius 1 is 0.778 bits per heavy atom. The van der Waals surface area contributed by atoms with Crippen LogP contribution in [0.25, 0.3) is 0 Å². The Balaban J connectivity index is 1.91. The van der Waals surface area contributed by atoms with Crippen LogP contribution in [0.2, 0.25) is 0 Å². The molecule has 27 heavy (non-hydrogen) atoms. The van der Waals surface area contributed by atoms with Gasteiger partial charge in [-0.25, -0.2) is 0 Å². The number of aliphatic hydroxyl groups is 8. The van der Waals surface area contributed by atoms with Gasteiger partial charge in [-0.05, 0) is 6.92 Å². The second kappa shape index (κ2) is 9.82. The van der Waals surface area contributed by atoms with Crippen molar-refractivity contribution in [3.05, 3.63) is 0 Å². The molecule has 2 saturated heterocycles. The van der Waals surface area contributed by atoms with E-state index in [4.69, 9.17) is 24.1 Å². The normalized spacial score (nSPS) is 47.0. The lowest BCUT2D eigenvalue weighted by molar-refractivity contribution is -0.326. The first-order chi connectivity index (χ1) is 12.7. The van der Waals surface area contributed by atoms with Crippen molar-refractivity contribution in [2.75, 3.05) is 19.8 Å². The highest BCUT2D eigenvalue weighted by Crippen LogP contribution is 2.24. The van der Waals surface area contributed by atoms with Gasteiger partial charge in [-0.1, -0.05) is 0 Å². The van der Waals surface area contributed by atoms with Crippen LogP contribution >= 0.6 is 0 Å². The van der Waals surface area contributed by atoms with E-state index in [0.29, 0.717) is 0 Å². The summed E-state index contributed by atoms with van der Waals surface area (Å²) in [6.07, 6.45) is -15.0. The minimum atomic E-state index is -1.62. The van der Waals surface area contributed by atoms with Crippen molar-refractivity contribution in [1.82, 2.24) is 0 Å². The van der Waals surface area contributed by atoms with Gasteiger partial charge in [0.1, 0.15) is 48.8 Å². The van der Waals surface area contributed by atoms with E-state index in [9.17, 15) is 35.7 Å². The molecule has 0 aromatic heterocycles. The molecule has 12 heteroatoms. The SMILES string of the molecule is C[C@@H]1OC(OC(CO)COC2O[C@H](CO)[C@@H](O)[C@H](O)[C@H]2O)[C@@H](O)[C@H](O)[C@@H]1O. The lowest BCUT2D eigenvalue weighted by atomic mass is 9.99. The van der Waals surface area contributed by atoms with Gasteiger partial charge in [-0.2, -0.15) is 0 Å². The second-order valence-corrected chi connectivity index (χ2v) is 6.65. The topological polar surface area (TPSA) is 199 Å². The van der Waals surface area contributed by atoms with Gasteiger partial charge < -0.3 is 59.8 Å². The lowest BCUT2D eigenvalue weighted by Crippen LogP contribution is -2.60. The van der Waals surface area contributed by atoms with E-state index in [1.165, 1.54) is 6.92 Å². The molecule has 0 aliphatic carbocycles. The molecule has 2 aliphatic rings. The summed E-state index contributed by atoms with van der Waals surface area (Å²) < 4.78 is 21.0. The first kappa shape index (κ1) is 22.8. The Morgan fingerprint density at radius 2 is 1.37 bits per heavy atom. The van der Waals surface area contributed by atoms with Gasteiger partial charge in [0.2, 0.25) is 0 Å². The summed E-state index contributed by atoms with van der Waals surface area (Å²) in [5.41, 5.74) is 0. The Morgan fingerprint density at radius 3 is 1.96 bits per heavy atom. The molecule has 3 unspecified atom stereocenters. The summed E-state index contributed by atoms with van der Waals surface area (Å²) in [6, 6.07) is 0. The highest BCUT2D eigenvalue weighted by molar-refractivity contribution is 4.89. The van der Waals surface area contributed by atoms with E-state index in [0.717, 1.165) is 0 Å². The predicted octanol–water partition coefficient (Wildman–Crippen LogP) is -4.99. The molecule has 2 rings (SSSR count). The van der Waals surface area contributed by atoms with E-state index in [-0.39, 0.29) is 6.61 Å². The predicted molar refractivity (Wildman–Crippen MR) is 84.0 cm³/mol. The average molecular weight is 400 g/mol. The molecule has 11 atom stereocenters. The largest absolute Gasteiger partial charge is 0.394 e. The fourth-order valence-corrected chi connectivity index (χ4v) is 2.86. The third-order valence-electron chi connectivity index (χ3n) is 4.63. The van der Waals surface area contributed by atoms with Crippen LogP contribution in [0, 0.1) is 0 Å². The fourth-order valence-electron chi connectivity index (χ4n) is 2.86. The maximum absolute atomic E-state index is 9.92. The van der Waals surface area contributed by atoms with Gasteiger partial charge in [0.05, 0.1) is 25.9 Å². The molecule has 0 saturated carbocycles. The van der Waals surface area contributed by atoms with Crippen molar-refractivity contribution < 1.29 is 59.8 Å². The molecule has 8 N–H and O–H groups in total. The van der Waals surface area contributed by atoms with Crippen molar-refractivity contribution in [3.8, 4) is 0 Å². The highest BCUT2D eigenvalue weighted by Gasteiger charge is 2.45. The van der Waals surface area contributed by atoms with Gasteiger partial charge in [-0.3, -0.25) is 0 Å². The summed E-state index contributed by atoms with van der Waals surface area (Å²) in [6.45, 7) is -0.116. The van der Waals surface area contributed by atoms with Crippen LogP contribution in [0.1, 0.15) is 6.92 Å². The van der Waals surface area contributed by atoms with Crippen LogP contribution in [0.3, 0.4) is 0 Å². The molecule has 0 aromatic rings. The number of hydrogen-bond donors (Lipinski definition) is 8. The molecule has 0 amide bonds. The monoisotopic (exact) mass is 400 g/mol. The molecule has 0 bridgehead atoms. The highest BCUT2D eigenvalue weighted by atomic mass is 16.7. The maximum Gasteiger partial charge on any atom is 0.187 e. The number of rotatable bonds is 7. The molecule has 0 spiro atoms. The van der Waals surface area contributed by atoms with Crippen molar-refractivity contribution in [2.24, 2.45) is 0 Å². The third kappa shape index (κ3) is 5.12. The smallest absolute Gasteiger partial charge is 0.187 e. The van der Waals surface area contributed by atoms with Crippen LogP contribution in [-0.2, 0) is 18.9 Å². The van der Waals surface area contributed by atoms with Gasteiger partial charge >= 0.3 is 0 Å². The Labute approximate surface area is 155 Å². The van der Waals surface area contributed by atoms with Crippen LogP contribution in [-0.4, -0.2) is 128 Å². The summed E-state index contributed by atoms with van der Waals surface area (Å²) in [4.78, 5) is 0. The van der Waals surface area contributed by atoms with Crippen molar-refractivity contribution in [1.29, 1.82) is 0 Å². The molecule has 2 aliphatic heterocycles. The molecule has 160 valence electrons. The van der Waals surface area contributed by atoms with E-state index in [2.05, 4.69) is 0 Å². The van der Waals surface area contributed by atoms with E-state index in [1.54, 1.807) is 0 Å². The van der Waals surface area contributed by atoms with Gasteiger partial charge in [0.15, 0.2) is 12.6 Å². The number of hydrogen-bond acceptors (Lipinski definition) is 12. The Hall–Kier alpha value is -0.480. The van der Waals surface area contributed by atoms with Crippen LogP contribution in [0.4, 0.5) is 0 Å². The van der Waals surface area contributed by atoms with Crippen molar-refractivity contribution in [2.45, 2.75) is 74.4 Å². The van der Waals surface area contributed by atoms with Gasteiger partial charge in [0.25, 0.3) is 0 Å². The van der Waals surface area contributed by atoms with E-state index < -0.39 is 80.7 Å².